The fourth-order valence-electron chi connectivity index (χ4n) is 1.91. The Hall–Kier alpha value is -0.983. The second kappa shape index (κ2) is 9.85. The number of methoxy groups -OCH3 is 2. The van der Waals surface area contributed by atoms with Gasteiger partial charge < -0.3 is 18.3 Å². The van der Waals surface area contributed by atoms with E-state index >= 15 is 0 Å². The summed E-state index contributed by atoms with van der Waals surface area (Å²) in [4.78, 5) is 0. The first-order valence-corrected chi connectivity index (χ1v) is 8.73. The molecule has 0 radical (unpaired) electrons. The number of rotatable bonds is 11. The van der Waals surface area contributed by atoms with E-state index in [1.165, 1.54) is 0 Å². The van der Waals surface area contributed by atoms with Gasteiger partial charge >= 0.3 is 8.56 Å². The van der Waals surface area contributed by atoms with Crippen molar-refractivity contribution in [2.45, 2.75) is 6.04 Å². The average Bonchev–Trinajstić information content (AvgIpc) is 2.48. The van der Waals surface area contributed by atoms with Gasteiger partial charge in [-0.25, -0.2) is 0 Å². The predicted molar refractivity (Wildman–Crippen MR) is 82.5 cm³/mol. The molecule has 20 heavy (non-hydrogen) atoms. The van der Waals surface area contributed by atoms with Gasteiger partial charge in [-0.15, -0.1) is 6.58 Å². The molecular weight excluding hydrogens is 272 g/mol. The molecule has 0 saturated carbocycles. The summed E-state index contributed by atoms with van der Waals surface area (Å²) in [5, 5.41) is 1.10. The van der Waals surface area contributed by atoms with Gasteiger partial charge in [-0.2, -0.15) is 0 Å². The number of benzene rings is 1. The Labute approximate surface area is 122 Å². The zero-order valence-electron chi connectivity index (χ0n) is 12.3. The van der Waals surface area contributed by atoms with Gasteiger partial charge in [0.1, 0.15) is 0 Å². The Morgan fingerprint density at radius 2 is 1.50 bits per heavy atom. The highest BCUT2D eigenvalue weighted by atomic mass is 28.4. The van der Waals surface area contributed by atoms with Crippen LogP contribution in [0.5, 0.6) is 0 Å². The Morgan fingerprint density at radius 3 is 1.95 bits per heavy atom. The van der Waals surface area contributed by atoms with Gasteiger partial charge in [0.15, 0.2) is 0 Å². The minimum Gasteiger partial charge on any atom is -0.388 e. The van der Waals surface area contributed by atoms with Crippen LogP contribution in [0, 0.1) is 0 Å². The molecule has 0 aliphatic heterocycles. The van der Waals surface area contributed by atoms with Crippen LogP contribution in [-0.2, 0) is 18.3 Å². The summed E-state index contributed by atoms with van der Waals surface area (Å²) in [7, 11) is 0.798. The lowest BCUT2D eigenvalue weighted by atomic mass is 10.4. The van der Waals surface area contributed by atoms with E-state index in [2.05, 4.69) is 18.7 Å². The van der Waals surface area contributed by atoms with Crippen LogP contribution in [0.15, 0.2) is 43.0 Å². The Balaban J connectivity index is 2.89. The largest absolute Gasteiger partial charge is 0.388 e. The maximum absolute atomic E-state index is 6.11. The second-order valence-electron chi connectivity index (χ2n) is 4.29. The van der Waals surface area contributed by atoms with E-state index in [0.717, 1.165) is 5.19 Å². The lowest BCUT2D eigenvalue weighted by molar-refractivity contribution is 0.0927. The monoisotopic (exact) mass is 296 g/mol. The van der Waals surface area contributed by atoms with Crippen molar-refractivity contribution < 1.29 is 18.3 Å². The third kappa shape index (κ3) is 5.18. The fraction of sp³-hybridized carbons (Fsp3) is 0.467. The second-order valence-corrected chi connectivity index (χ2v) is 7.36. The standard InChI is InChI=1S/C15H24O4Si/c1-4-14-20(18-12-10-16-2,19-13-11-17-3)15-8-6-5-7-9-15/h4-9H,1,10-14H2,2-3H3. The summed E-state index contributed by atoms with van der Waals surface area (Å²) in [6, 6.07) is 10.8. The van der Waals surface area contributed by atoms with Crippen LogP contribution in [0.3, 0.4) is 0 Å². The van der Waals surface area contributed by atoms with Gasteiger partial charge in [0.05, 0.1) is 26.4 Å². The molecule has 0 aromatic heterocycles. The van der Waals surface area contributed by atoms with E-state index < -0.39 is 8.56 Å². The minimum atomic E-state index is -2.52. The SMILES string of the molecule is C=CC[Si](OCCOC)(OCCOC)c1ccccc1. The maximum atomic E-state index is 6.11. The summed E-state index contributed by atoms with van der Waals surface area (Å²) in [6.07, 6.45) is 1.86. The van der Waals surface area contributed by atoms with Crippen LogP contribution in [0.4, 0.5) is 0 Å². The highest BCUT2D eigenvalue weighted by Crippen LogP contribution is 2.15. The summed E-state index contributed by atoms with van der Waals surface area (Å²) in [5.41, 5.74) is 0. The third-order valence-corrected chi connectivity index (χ3v) is 6.25. The first kappa shape index (κ1) is 17.1. The van der Waals surface area contributed by atoms with Crippen molar-refractivity contribution in [3.63, 3.8) is 0 Å². The van der Waals surface area contributed by atoms with E-state index in [-0.39, 0.29) is 0 Å². The van der Waals surface area contributed by atoms with Crippen LogP contribution < -0.4 is 5.19 Å². The smallest absolute Gasteiger partial charge is 0.376 e. The summed E-state index contributed by atoms with van der Waals surface area (Å²) >= 11 is 0. The van der Waals surface area contributed by atoms with Crippen LogP contribution in [-0.4, -0.2) is 49.2 Å². The van der Waals surface area contributed by atoms with E-state index in [9.17, 15) is 0 Å². The van der Waals surface area contributed by atoms with E-state index in [4.69, 9.17) is 18.3 Å². The molecule has 1 rings (SSSR count). The third-order valence-electron chi connectivity index (χ3n) is 2.87. The zero-order valence-corrected chi connectivity index (χ0v) is 13.3. The van der Waals surface area contributed by atoms with Crippen molar-refractivity contribution in [1.82, 2.24) is 0 Å². The topological polar surface area (TPSA) is 36.9 Å². The molecule has 112 valence electrons. The first-order chi connectivity index (χ1) is 9.79. The average molecular weight is 296 g/mol. The Bertz CT molecular complexity index is 359. The quantitative estimate of drug-likeness (QED) is 0.355. The molecule has 0 atom stereocenters. The lowest BCUT2D eigenvalue weighted by Gasteiger charge is -2.30. The molecule has 1 aromatic rings. The maximum Gasteiger partial charge on any atom is 0.376 e. The lowest BCUT2D eigenvalue weighted by Crippen LogP contribution is -2.54. The zero-order chi connectivity index (χ0) is 14.7. The molecule has 0 unspecified atom stereocenters. The summed E-state index contributed by atoms with van der Waals surface area (Å²) in [6.45, 7) is 5.96. The van der Waals surface area contributed by atoms with Crippen LogP contribution in [0.1, 0.15) is 0 Å². The predicted octanol–water partition coefficient (Wildman–Crippen LogP) is 1.85. The molecule has 0 amide bonds. The Morgan fingerprint density at radius 1 is 0.950 bits per heavy atom. The van der Waals surface area contributed by atoms with Crippen molar-refractivity contribution in [3.05, 3.63) is 43.0 Å². The molecule has 0 fully saturated rings. The molecule has 0 aliphatic rings. The molecule has 1 aromatic carbocycles. The molecule has 0 spiro atoms. The molecule has 0 N–H and O–H groups in total. The normalized spacial score (nSPS) is 11.5. The van der Waals surface area contributed by atoms with Crippen molar-refractivity contribution in [2.75, 3.05) is 40.6 Å². The van der Waals surface area contributed by atoms with Gasteiger partial charge in [-0.05, 0) is 5.19 Å². The van der Waals surface area contributed by atoms with Gasteiger partial charge in [-0.3, -0.25) is 0 Å². The highest BCUT2D eigenvalue weighted by Gasteiger charge is 2.38. The highest BCUT2D eigenvalue weighted by molar-refractivity contribution is 6.81. The van der Waals surface area contributed by atoms with Gasteiger partial charge in [0.2, 0.25) is 0 Å². The molecule has 4 nitrogen and oxygen atoms in total. The number of ether oxygens (including phenoxy) is 2. The number of allylic oxidation sites excluding steroid dienone is 1. The van der Waals surface area contributed by atoms with Gasteiger partial charge in [0, 0.05) is 20.3 Å². The Kier molecular flexibility index (Phi) is 8.40. The molecular formula is C15H24O4Si. The molecule has 5 heteroatoms. The minimum absolute atomic E-state index is 0.512. The van der Waals surface area contributed by atoms with E-state index in [1.54, 1.807) is 14.2 Å². The van der Waals surface area contributed by atoms with Crippen molar-refractivity contribution in [1.29, 1.82) is 0 Å². The van der Waals surface area contributed by atoms with E-state index in [1.807, 2.05) is 24.3 Å². The van der Waals surface area contributed by atoms with Crippen molar-refractivity contribution in [3.8, 4) is 0 Å². The van der Waals surface area contributed by atoms with Gasteiger partial charge in [-0.1, -0.05) is 36.4 Å². The van der Waals surface area contributed by atoms with Crippen LogP contribution in [0.2, 0.25) is 6.04 Å². The van der Waals surface area contributed by atoms with E-state index in [0.29, 0.717) is 32.5 Å². The summed E-state index contributed by atoms with van der Waals surface area (Å²) < 4.78 is 22.4. The molecule has 0 heterocycles. The summed E-state index contributed by atoms with van der Waals surface area (Å²) in [5.74, 6) is 0. The molecule has 0 saturated heterocycles. The van der Waals surface area contributed by atoms with Crippen LogP contribution >= 0.6 is 0 Å². The van der Waals surface area contributed by atoms with Crippen molar-refractivity contribution in [2.24, 2.45) is 0 Å². The fourth-order valence-corrected chi connectivity index (χ4v) is 4.70. The molecule has 0 aliphatic carbocycles. The van der Waals surface area contributed by atoms with Gasteiger partial charge in [0.25, 0.3) is 0 Å². The van der Waals surface area contributed by atoms with Crippen molar-refractivity contribution >= 4 is 13.7 Å². The molecule has 0 bridgehead atoms. The number of hydrogen-bond donors (Lipinski definition) is 0. The first-order valence-electron chi connectivity index (χ1n) is 6.71. The van der Waals surface area contributed by atoms with Crippen LogP contribution in [0.25, 0.3) is 0 Å². The number of hydrogen-bond acceptors (Lipinski definition) is 4.